The molecule has 1 aromatic carbocycles. The van der Waals surface area contributed by atoms with Crippen molar-refractivity contribution in [2.24, 2.45) is 23.7 Å². The Bertz CT molecular complexity index is 1190. The van der Waals surface area contributed by atoms with Gasteiger partial charge < -0.3 is 5.32 Å². The van der Waals surface area contributed by atoms with Crippen LogP contribution in [0.25, 0.3) is 0 Å². The van der Waals surface area contributed by atoms with Crippen molar-refractivity contribution in [1.29, 1.82) is 0 Å². The Morgan fingerprint density at radius 3 is 2.47 bits per heavy atom. The first-order valence-electron chi connectivity index (χ1n) is 11.2. The Hall–Kier alpha value is -3.47. The molecule has 0 spiro atoms. The van der Waals surface area contributed by atoms with Gasteiger partial charge in [0, 0.05) is 18.1 Å². The Morgan fingerprint density at radius 1 is 1.21 bits per heavy atom. The zero-order chi connectivity index (χ0) is 24.1. The normalized spacial score (nSPS) is 25.8. The minimum Gasteiger partial charge on any atom is -0.300 e. The summed E-state index contributed by atoms with van der Waals surface area (Å²) in [5, 5.41) is 23.2. The number of hydrogen-bond acceptors (Lipinski definition) is 8. The average Bonchev–Trinajstić information content (AvgIpc) is 3.57. The number of likely N-dealkylation sites (tertiary alicyclic amines) is 1. The first kappa shape index (κ1) is 22.3. The highest BCUT2D eigenvalue weighted by Gasteiger charge is 2.60. The second-order valence-electron chi connectivity index (χ2n) is 9.27. The topological polar surface area (TPSA) is 135 Å². The molecule has 5 unspecified atom stereocenters. The van der Waals surface area contributed by atoms with Gasteiger partial charge in [-0.3, -0.25) is 29.4 Å². The van der Waals surface area contributed by atoms with Crippen molar-refractivity contribution in [2.75, 3.05) is 5.32 Å². The van der Waals surface area contributed by atoms with E-state index in [4.69, 9.17) is 0 Å². The number of rotatable bonds is 7. The summed E-state index contributed by atoms with van der Waals surface area (Å²) in [4.78, 5) is 51.8. The van der Waals surface area contributed by atoms with Gasteiger partial charge in [0.2, 0.25) is 22.9 Å². The van der Waals surface area contributed by atoms with Crippen molar-refractivity contribution >= 4 is 39.9 Å². The summed E-state index contributed by atoms with van der Waals surface area (Å²) in [6.07, 6.45) is 4.55. The highest BCUT2D eigenvalue weighted by Crippen LogP contribution is 2.54. The second kappa shape index (κ2) is 8.39. The van der Waals surface area contributed by atoms with Crippen LogP contribution in [0.2, 0.25) is 0 Å². The number of anilines is 1. The summed E-state index contributed by atoms with van der Waals surface area (Å²) < 4.78 is 0. The predicted molar refractivity (Wildman–Crippen MR) is 123 cm³/mol. The lowest BCUT2D eigenvalue weighted by Crippen LogP contribution is -2.38. The Kier molecular flexibility index (Phi) is 5.51. The van der Waals surface area contributed by atoms with Crippen LogP contribution < -0.4 is 5.32 Å². The summed E-state index contributed by atoms with van der Waals surface area (Å²) in [5.41, 5.74) is 0.195. The number of nitrogens with zero attached hydrogens (tertiary/aromatic N) is 4. The maximum atomic E-state index is 13.4. The molecule has 2 bridgehead atoms. The molecule has 10 nitrogen and oxygen atoms in total. The van der Waals surface area contributed by atoms with Gasteiger partial charge in [-0.15, -0.1) is 10.2 Å². The highest BCUT2D eigenvalue weighted by molar-refractivity contribution is 7.15. The summed E-state index contributed by atoms with van der Waals surface area (Å²) in [7, 11) is 0. The maximum Gasteiger partial charge on any atom is 0.269 e. The first-order chi connectivity index (χ1) is 16.2. The monoisotopic (exact) mass is 481 g/mol. The van der Waals surface area contributed by atoms with Gasteiger partial charge in [0.05, 0.1) is 29.2 Å². The molecule has 1 saturated heterocycles. The second-order valence-corrected chi connectivity index (χ2v) is 10.3. The molecule has 5 rings (SSSR count). The van der Waals surface area contributed by atoms with Crippen LogP contribution in [0.15, 0.2) is 36.4 Å². The third kappa shape index (κ3) is 3.69. The van der Waals surface area contributed by atoms with Crippen LogP contribution in [0, 0.1) is 33.8 Å². The van der Waals surface area contributed by atoms with E-state index in [1.54, 1.807) is 6.07 Å². The molecule has 176 valence electrons. The van der Waals surface area contributed by atoms with Crippen molar-refractivity contribution < 1.29 is 19.3 Å². The zero-order valence-electron chi connectivity index (χ0n) is 18.6. The number of carbonyl (C=O) groups excluding carboxylic acids is 3. The summed E-state index contributed by atoms with van der Waals surface area (Å²) in [5.74, 6) is -1.74. The fraction of sp³-hybridized carbons (Fsp3) is 0.435. The number of nitrogens with one attached hydrogen (secondary N) is 1. The summed E-state index contributed by atoms with van der Waals surface area (Å²) in [6, 6.07) is 4.80. The number of nitro benzene ring substituents is 1. The molecule has 3 aliphatic rings. The van der Waals surface area contributed by atoms with E-state index in [2.05, 4.69) is 15.5 Å². The van der Waals surface area contributed by atoms with Gasteiger partial charge in [0.15, 0.2) is 0 Å². The van der Waals surface area contributed by atoms with Crippen LogP contribution in [-0.4, -0.2) is 37.7 Å². The third-order valence-electron chi connectivity index (χ3n) is 6.84. The molecule has 2 aromatic rings. The Balaban J connectivity index is 1.45. The maximum absolute atomic E-state index is 13.4. The van der Waals surface area contributed by atoms with E-state index in [1.165, 1.54) is 34.4 Å². The lowest BCUT2D eigenvalue weighted by molar-refractivity contribution is -0.385. The van der Waals surface area contributed by atoms with Crippen LogP contribution in [0.4, 0.5) is 10.8 Å². The molecule has 1 saturated carbocycles. The number of benzene rings is 1. The molecule has 2 aliphatic carbocycles. The van der Waals surface area contributed by atoms with Gasteiger partial charge in [-0.25, -0.2) is 0 Å². The van der Waals surface area contributed by atoms with Crippen LogP contribution in [0.5, 0.6) is 0 Å². The molecule has 11 heteroatoms. The van der Waals surface area contributed by atoms with Crippen molar-refractivity contribution in [3.63, 3.8) is 0 Å². The Morgan fingerprint density at radius 2 is 1.88 bits per heavy atom. The summed E-state index contributed by atoms with van der Waals surface area (Å²) in [6.45, 7) is 3.93. The van der Waals surface area contributed by atoms with Gasteiger partial charge in [0.25, 0.3) is 5.69 Å². The summed E-state index contributed by atoms with van der Waals surface area (Å²) >= 11 is 1.26. The smallest absolute Gasteiger partial charge is 0.269 e. The number of hydrogen-bond donors (Lipinski definition) is 1. The molecular weight excluding hydrogens is 458 g/mol. The van der Waals surface area contributed by atoms with Crippen LogP contribution in [0.3, 0.4) is 0 Å². The standard InChI is InChI=1S/C23H23N5O5S/c1-11(2)20-25-26-23(34-20)24-17(29)10-16(12-4-3-5-15(9-12)28(32)33)27-21(30)18-13-6-7-14(8-13)19(18)22(27)31/h3-7,9,11,13-14,16,18-19H,8,10H2,1-2H3,(H,24,26,29). The van der Waals surface area contributed by atoms with Crippen molar-refractivity contribution in [1.82, 2.24) is 15.1 Å². The van der Waals surface area contributed by atoms with E-state index in [9.17, 15) is 24.5 Å². The van der Waals surface area contributed by atoms with Crippen LogP contribution in [0.1, 0.15) is 49.2 Å². The first-order valence-corrected chi connectivity index (χ1v) is 12.0. The lowest BCUT2D eigenvalue weighted by atomic mass is 9.85. The van der Waals surface area contributed by atoms with Gasteiger partial charge >= 0.3 is 0 Å². The molecule has 34 heavy (non-hydrogen) atoms. The van der Waals surface area contributed by atoms with E-state index >= 15 is 0 Å². The average molecular weight is 482 g/mol. The number of aromatic nitrogens is 2. The van der Waals surface area contributed by atoms with E-state index in [1.807, 2.05) is 26.0 Å². The molecule has 1 aliphatic heterocycles. The van der Waals surface area contributed by atoms with Gasteiger partial charge in [0.1, 0.15) is 5.01 Å². The van der Waals surface area contributed by atoms with E-state index in [-0.39, 0.29) is 41.7 Å². The Labute approximate surface area is 199 Å². The molecule has 1 aromatic heterocycles. The number of allylic oxidation sites excluding steroid dienone is 2. The highest BCUT2D eigenvalue weighted by atomic mass is 32.1. The minimum atomic E-state index is -0.956. The van der Waals surface area contributed by atoms with E-state index in [0.29, 0.717) is 10.7 Å². The molecule has 5 atom stereocenters. The predicted octanol–water partition coefficient (Wildman–Crippen LogP) is 3.45. The number of amides is 3. The number of imide groups is 1. The van der Waals surface area contributed by atoms with Crippen molar-refractivity contribution in [2.45, 2.75) is 38.6 Å². The van der Waals surface area contributed by atoms with E-state index < -0.39 is 28.7 Å². The van der Waals surface area contributed by atoms with Gasteiger partial charge in [-0.1, -0.05) is 49.5 Å². The number of non-ortho nitro benzene ring substituents is 1. The molecule has 1 N–H and O–H groups in total. The van der Waals surface area contributed by atoms with Crippen molar-refractivity contribution in [3.05, 3.63) is 57.1 Å². The molecule has 2 fully saturated rings. The minimum absolute atomic E-state index is 0.0203. The van der Waals surface area contributed by atoms with E-state index in [0.717, 1.165) is 11.4 Å². The zero-order valence-corrected chi connectivity index (χ0v) is 19.4. The number of nitro groups is 1. The number of fused-ring (bicyclic) bond motifs is 5. The molecular formula is C23H23N5O5S. The lowest BCUT2D eigenvalue weighted by Gasteiger charge is -2.27. The molecule has 2 heterocycles. The van der Waals surface area contributed by atoms with Gasteiger partial charge in [-0.2, -0.15) is 0 Å². The SMILES string of the molecule is CC(C)c1nnc(NC(=O)CC(c2cccc([N+](=O)[O-])c2)N2C(=O)C3C4C=CC(C4)C3C2=O)s1. The molecule has 3 amide bonds. The van der Waals surface area contributed by atoms with Gasteiger partial charge in [-0.05, 0) is 23.8 Å². The molecule has 0 radical (unpaired) electrons. The largest absolute Gasteiger partial charge is 0.300 e. The fourth-order valence-corrected chi connectivity index (χ4v) is 6.06. The fourth-order valence-electron chi connectivity index (χ4n) is 5.30. The number of carbonyl (C=O) groups is 3. The van der Waals surface area contributed by atoms with Crippen LogP contribution >= 0.6 is 11.3 Å². The van der Waals surface area contributed by atoms with Crippen LogP contribution in [-0.2, 0) is 14.4 Å². The third-order valence-corrected chi connectivity index (χ3v) is 7.98. The van der Waals surface area contributed by atoms with Crippen molar-refractivity contribution in [3.8, 4) is 0 Å². The quantitative estimate of drug-likeness (QED) is 0.277.